The van der Waals surface area contributed by atoms with Crippen LogP contribution in [0.15, 0.2) is 35.7 Å². The molecule has 5 rings (SSSR count). The number of benzene rings is 1. The lowest BCUT2D eigenvalue weighted by molar-refractivity contribution is -0.384. The van der Waals surface area contributed by atoms with Gasteiger partial charge in [-0.3, -0.25) is 19.8 Å². The number of non-ortho nitro benzene ring substituents is 1. The molecule has 2 fully saturated rings. The number of nitro groups is 1. The van der Waals surface area contributed by atoms with Crippen molar-refractivity contribution in [2.45, 2.75) is 50.6 Å². The number of amides is 1. The predicted octanol–water partition coefficient (Wildman–Crippen LogP) is 3.62. The number of nitro benzene ring substituents is 1. The van der Waals surface area contributed by atoms with E-state index in [0.29, 0.717) is 19.0 Å². The van der Waals surface area contributed by atoms with Crippen molar-refractivity contribution in [3.05, 3.63) is 56.3 Å². The third-order valence-corrected chi connectivity index (χ3v) is 8.30. The molecule has 3 aliphatic rings. The normalized spacial score (nSPS) is 23.6. The Hall–Kier alpha value is -2.45. The second kappa shape index (κ2) is 9.19. The molecule has 1 amide bonds. The van der Waals surface area contributed by atoms with Crippen LogP contribution in [-0.2, 0) is 17.6 Å². The Bertz CT molecular complexity index is 974. The number of nitrogens with zero attached hydrogens (tertiary/aromatic N) is 3. The Labute approximate surface area is 192 Å². The first-order valence-corrected chi connectivity index (χ1v) is 12.6. The summed E-state index contributed by atoms with van der Waals surface area (Å²) in [6.07, 6.45) is 6.51. The highest BCUT2D eigenvalue weighted by Gasteiger charge is 2.43. The van der Waals surface area contributed by atoms with E-state index in [1.54, 1.807) is 23.5 Å². The van der Waals surface area contributed by atoms with Crippen LogP contribution in [0.1, 0.15) is 36.1 Å². The van der Waals surface area contributed by atoms with Gasteiger partial charge in [-0.2, -0.15) is 0 Å². The van der Waals surface area contributed by atoms with Gasteiger partial charge in [0.05, 0.1) is 16.9 Å². The molecule has 2 atom stereocenters. The fraction of sp³-hybridized carbons (Fsp3) is 0.542. The van der Waals surface area contributed by atoms with Gasteiger partial charge in [-0.1, -0.05) is 18.9 Å². The zero-order valence-electron chi connectivity index (χ0n) is 18.2. The molecule has 2 aliphatic heterocycles. The van der Waals surface area contributed by atoms with Crippen LogP contribution in [0.4, 0.5) is 11.4 Å². The summed E-state index contributed by atoms with van der Waals surface area (Å²) in [6.45, 7) is 3.37. The summed E-state index contributed by atoms with van der Waals surface area (Å²) in [4.78, 5) is 30.5. The Balaban J connectivity index is 1.37. The van der Waals surface area contributed by atoms with Crippen molar-refractivity contribution in [3.63, 3.8) is 0 Å². The largest absolute Gasteiger partial charge is 0.365 e. The van der Waals surface area contributed by atoms with Crippen molar-refractivity contribution in [2.75, 3.05) is 31.1 Å². The number of hydrogen-bond donors (Lipinski definition) is 1. The fourth-order valence-corrected chi connectivity index (χ4v) is 6.45. The molecular weight excluding hydrogens is 424 g/mol. The SMILES string of the molecule is O=C(NCCc1cccs1)[C@@H]1Cc2cc([N+](=O)[O-])ccc2N2CCN(C3CCCC3)C[C@@H]12. The minimum atomic E-state index is -0.347. The fourth-order valence-electron chi connectivity index (χ4n) is 5.74. The maximum Gasteiger partial charge on any atom is 0.269 e. The van der Waals surface area contributed by atoms with Gasteiger partial charge in [-0.25, -0.2) is 0 Å². The van der Waals surface area contributed by atoms with Crippen LogP contribution >= 0.6 is 11.3 Å². The number of rotatable bonds is 6. The summed E-state index contributed by atoms with van der Waals surface area (Å²) in [7, 11) is 0. The molecule has 1 aliphatic carbocycles. The van der Waals surface area contributed by atoms with E-state index < -0.39 is 0 Å². The Morgan fingerprint density at radius 1 is 1.22 bits per heavy atom. The number of hydrogen-bond acceptors (Lipinski definition) is 6. The van der Waals surface area contributed by atoms with Crippen LogP contribution in [0.25, 0.3) is 0 Å². The molecule has 8 heteroatoms. The lowest BCUT2D eigenvalue weighted by Crippen LogP contribution is -2.62. The monoisotopic (exact) mass is 454 g/mol. The topological polar surface area (TPSA) is 78.7 Å². The molecule has 2 aromatic rings. The van der Waals surface area contributed by atoms with Crippen LogP contribution < -0.4 is 10.2 Å². The van der Waals surface area contributed by atoms with Crippen molar-refractivity contribution >= 4 is 28.6 Å². The maximum atomic E-state index is 13.4. The minimum Gasteiger partial charge on any atom is -0.365 e. The maximum absolute atomic E-state index is 13.4. The molecule has 32 heavy (non-hydrogen) atoms. The first-order chi connectivity index (χ1) is 15.6. The summed E-state index contributed by atoms with van der Waals surface area (Å²) in [5, 5.41) is 16.6. The van der Waals surface area contributed by atoms with Gasteiger partial charge in [0.1, 0.15) is 0 Å². The smallest absolute Gasteiger partial charge is 0.269 e. The van der Waals surface area contributed by atoms with Gasteiger partial charge in [0.2, 0.25) is 5.91 Å². The quantitative estimate of drug-likeness (QED) is 0.533. The molecule has 1 N–H and O–H groups in total. The molecule has 0 radical (unpaired) electrons. The number of thiophene rings is 1. The van der Waals surface area contributed by atoms with E-state index >= 15 is 0 Å². The molecule has 1 saturated carbocycles. The van der Waals surface area contributed by atoms with E-state index in [1.807, 2.05) is 12.1 Å². The number of piperazine rings is 1. The first kappa shape index (κ1) is 21.4. The minimum absolute atomic E-state index is 0.0713. The lowest BCUT2D eigenvalue weighted by atomic mass is 9.82. The molecule has 0 spiro atoms. The average molecular weight is 455 g/mol. The van der Waals surface area contributed by atoms with Gasteiger partial charge in [0.25, 0.3) is 5.69 Å². The van der Waals surface area contributed by atoms with E-state index in [9.17, 15) is 14.9 Å². The van der Waals surface area contributed by atoms with Crippen LogP contribution in [0.5, 0.6) is 0 Å². The van der Waals surface area contributed by atoms with Crippen molar-refractivity contribution in [3.8, 4) is 0 Å². The standard InChI is InChI=1S/C24H30N4O3S/c29-24(25-10-9-20-6-3-13-32-20)21-15-17-14-19(28(30)31)7-8-22(17)27-12-11-26(16-23(21)27)18-4-1-2-5-18/h3,6-8,13-14,18,21,23H,1-2,4-5,9-12,15-16H2,(H,25,29)/t21-,23+/m1/s1. The zero-order valence-corrected chi connectivity index (χ0v) is 19.1. The van der Waals surface area contributed by atoms with E-state index in [-0.39, 0.29) is 28.5 Å². The zero-order chi connectivity index (χ0) is 22.1. The molecule has 1 aromatic heterocycles. The van der Waals surface area contributed by atoms with Crippen molar-refractivity contribution in [1.82, 2.24) is 10.2 Å². The van der Waals surface area contributed by atoms with E-state index in [1.165, 1.54) is 30.6 Å². The third kappa shape index (κ3) is 4.26. The number of nitrogens with one attached hydrogen (secondary N) is 1. The predicted molar refractivity (Wildman–Crippen MR) is 126 cm³/mol. The van der Waals surface area contributed by atoms with Crippen LogP contribution in [0.3, 0.4) is 0 Å². The van der Waals surface area contributed by atoms with Crippen molar-refractivity contribution in [1.29, 1.82) is 0 Å². The molecule has 0 unspecified atom stereocenters. The summed E-state index contributed by atoms with van der Waals surface area (Å²) in [5.41, 5.74) is 2.08. The van der Waals surface area contributed by atoms with Gasteiger partial charge in [0.15, 0.2) is 0 Å². The van der Waals surface area contributed by atoms with Gasteiger partial charge >= 0.3 is 0 Å². The highest BCUT2D eigenvalue weighted by Crippen LogP contribution is 2.39. The van der Waals surface area contributed by atoms with Gasteiger partial charge in [-0.05, 0) is 48.8 Å². The molecule has 3 heterocycles. The molecule has 0 bridgehead atoms. The number of carbonyl (C=O) groups is 1. The first-order valence-electron chi connectivity index (χ1n) is 11.7. The Morgan fingerprint density at radius 2 is 2.06 bits per heavy atom. The number of fused-ring (bicyclic) bond motifs is 3. The van der Waals surface area contributed by atoms with E-state index in [0.717, 1.165) is 37.3 Å². The van der Waals surface area contributed by atoms with Crippen molar-refractivity contribution in [2.24, 2.45) is 5.92 Å². The summed E-state index contributed by atoms with van der Waals surface area (Å²) in [5.74, 6) is -0.126. The molecule has 7 nitrogen and oxygen atoms in total. The highest BCUT2D eigenvalue weighted by molar-refractivity contribution is 7.09. The van der Waals surface area contributed by atoms with Gasteiger partial charge in [-0.15, -0.1) is 11.3 Å². The Kier molecular flexibility index (Phi) is 6.15. The summed E-state index contributed by atoms with van der Waals surface area (Å²) >= 11 is 1.71. The average Bonchev–Trinajstić information content (AvgIpc) is 3.52. The van der Waals surface area contributed by atoms with Gasteiger partial charge in [0, 0.05) is 54.9 Å². The lowest BCUT2D eigenvalue weighted by Gasteiger charge is -2.50. The second-order valence-corrected chi connectivity index (χ2v) is 10.2. The van der Waals surface area contributed by atoms with Crippen LogP contribution in [-0.4, -0.2) is 54.0 Å². The highest BCUT2D eigenvalue weighted by atomic mass is 32.1. The van der Waals surface area contributed by atoms with E-state index in [2.05, 4.69) is 26.6 Å². The molecule has 1 saturated heterocycles. The van der Waals surface area contributed by atoms with Crippen LogP contribution in [0, 0.1) is 16.0 Å². The second-order valence-electron chi connectivity index (χ2n) is 9.20. The van der Waals surface area contributed by atoms with E-state index in [4.69, 9.17) is 0 Å². The van der Waals surface area contributed by atoms with Gasteiger partial charge < -0.3 is 10.2 Å². The number of carbonyl (C=O) groups excluding carboxylic acids is 1. The molecule has 170 valence electrons. The number of anilines is 1. The molecule has 1 aromatic carbocycles. The van der Waals surface area contributed by atoms with Crippen molar-refractivity contribution < 1.29 is 9.72 Å². The summed E-state index contributed by atoms with van der Waals surface area (Å²) in [6, 6.07) is 10.0. The van der Waals surface area contributed by atoms with Crippen LogP contribution in [0.2, 0.25) is 0 Å². The molecular formula is C24H30N4O3S. The Morgan fingerprint density at radius 3 is 2.81 bits per heavy atom. The third-order valence-electron chi connectivity index (χ3n) is 7.37. The summed E-state index contributed by atoms with van der Waals surface area (Å²) < 4.78 is 0.